The van der Waals surface area contributed by atoms with Crippen molar-refractivity contribution in [1.29, 1.82) is 0 Å². The first-order valence-corrected chi connectivity index (χ1v) is 20.2. The van der Waals surface area contributed by atoms with Gasteiger partial charge in [-0.3, -0.25) is 9.59 Å². The second kappa shape index (κ2) is 30.7. The van der Waals surface area contributed by atoms with Gasteiger partial charge in [-0.2, -0.15) is 0 Å². The molecular weight excluding hydrogens is 756 g/mol. The van der Waals surface area contributed by atoms with Crippen LogP contribution in [-0.4, -0.2) is 142 Å². The smallest absolute Gasteiger partial charge is 0.309 e. The van der Waals surface area contributed by atoms with E-state index in [-0.39, 0.29) is 19.4 Å². The molecule has 58 heavy (non-hydrogen) atoms. The molecule has 0 aromatic heterocycles. The number of aliphatic hydroxyl groups excluding tert-OH is 7. The number of carbonyl (C=O) groups excluding carboxylic acids is 2. The van der Waals surface area contributed by atoms with Gasteiger partial charge in [-0.05, 0) is 44.9 Å². The van der Waals surface area contributed by atoms with Crippen molar-refractivity contribution in [2.45, 2.75) is 146 Å². The molecule has 0 amide bonds. The lowest BCUT2D eigenvalue weighted by atomic mass is 9.98. The van der Waals surface area contributed by atoms with Crippen LogP contribution in [0.2, 0.25) is 0 Å². The van der Waals surface area contributed by atoms with E-state index in [1.807, 2.05) is 60.8 Å². The van der Waals surface area contributed by atoms with Crippen molar-refractivity contribution in [3.63, 3.8) is 0 Å². The molecule has 0 radical (unpaired) electrons. The van der Waals surface area contributed by atoms with Crippen molar-refractivity contribution in [1.82, 2.24) is 0 Å². The first-order chi connectivity index (χ1) is 28.0. The molecule has 2 saturated heterocycles. The van der Waals surface area contributed by atoms with Gasteiger partial charge < -0.3 is 64.2 Å². The molecule has 2 heterocycles. The Bertz CT molecular complexity index is 1340. The molecule has 7 N–H and O–H groups in total. The highest BCUT2D eigenvalue weighted by Gasteiger charge is 2.47. The fourth-order valence-electron chi connectivity index (χ4n) is 5.64. The maximum atomic E-state index is 12.8. The zero-order valence-corrected chi connectivity index (χ0v) is 33.7. The molecule has 2 aliphatic rings. The Labute approximate surface area is 342 Å². The first-order valence-electron chi connectivity index (χ1n) is 20.2. The van der Waals surface area contributed by atoms with Crippen LogP contribution >= 0.6 is 0 Å². The average Bonchev–Trinajstić information content (AvgIpc) is 3.21. The molecule has 0 saturated carbocycles. The van der Waals surface area contributed by atoms with Crippen molar-refractivity contribution >= 4 is 11.9 Å². The molecule has 0 spiro atoms. The summed E-state index contributed by atoms with van der Waals surface area (Å²) >= 11 is 0. The number of aliphatic hydroxyl groups is 7. The van der Waals surface area contributed by atoms with Crippen LogP contribution in [0, 0.1) is 0 Å². The van der Waals surface area contributed by atoms with E-state index < -0.39 is 99.3 Å². The number of carbonyl (C=O) groups is 2. The van der Waals surface area contributed by atoms with Crippen molar-refractivity contribution < 1.29 is 73.8 Å². The van der Waals surface area contributed by atoms with Crippen LogP contribution in [0.5, 0.6) is 0 Å². The van der Waals surface area contributed by atoms with E-state index in [0.29, 0.717) is 12.8 Å². The van der Waals surface area contributed by atoms with E-state index in [2.05, 4.69) is 32.1 Å². The minimum atomic E-state index is -1.79. The minimum Gasteiger partial charge on any atom is -0.461 e. The summed E-state index contributed by atoms with van der Waals surface area (Å²) in [5, 5.41) is 71.6. The molecule has 0 aromatic rings. The Morgan fingerprint density at radius 2 is 1.16 bits per heavy atom. The van der Waals surface area contributed by atoms with Crippen LogP contribution in [-0.2, 0) is 38.0 Å². The second-order valence-corrected chi connectivity index (χ2v) is 13.8. The normalized spacial score (nSPS) is 29.0. The van der Waals surface area contributed by atoms with E-state index in [9.17, 15) is 45.3 Å². The van der Waals surface area contributed by atoms with Gasteiger partial charge in [-0.1, -0.05) is 105 Å². The average molecular weight is 823 g/mol. The summed E-state index contributed by atoms with van der Waals surface area (Å²) in [6.07, 6.45) is 17.0. The number of rotatable bonds is 27. The summed E-state index contributed by atoms with van der Waals surface area (Å²) in [5.41, 5.74) is 0. The highest BCUT2D eigenvalue weighted by Crippen LogP contribution is 2.26. The molecule has 5 unspecified atom stereocenters. The molecule has 2 rings (SSSR count). The van der Waals surface area contributed by atoms with Gasteiger partial charge in [0.25, 0.3) is 0 Å². The molecule has 0 bridgehead atoms. The van der Waals surface area contributed by atoms with Gasteiger partial charge in [0, 0.05) is 6.42 Å². The molecule has 11 atom stereocenters. The van der Waals surface area contributed by atoms with Gasteiger partial charge in [-0.15, -0.1) is 0 Å². The lowest BCUT2D eigenvalue weighted by molar-refractivity contribution is -0.332. The Morgan fingerprint density at radius 1 is 0.586 bits per heavy atom. The van der Waals surface area contributed by atoms with Crippen LogP contribution in [0.3, 0.4) is 0 Å². The largest absolute Gasteiger partial charge is 0.461 e. The van der Waals surface area contributed by atoms with Crippen molar-refractivity contribution in [3.05, 3.63) is 85.1 Å². The summed E-state index contributed by atoms with van der Waals surface area (Å²) in [4.78, 5) is 25.4. The van der Waals surface area contributed by atoms with E-state index in [1.54, 1.807) is 6.08 Å². The van der Waals surface area contributed by atoms with Gasteiger partial charge in [0.1, 0.15) is 55.4 Å². The zero-order valence-electron chi connectivity index (χ0n) is 33.7. The maximum absolute atomic E-state index is 12.8. The van der Waals surface area contributed by atoms with Gasteiger partial charge in [0.15, 0.2) is 18.7 Å². The predicted octanol–water partition coefficient (Wildman–Crippen LogP) is 2.92. The number of ether oxygens (including phenoxy) is 6. The summed E-state index contributed by atoms with van der Waals surface area (Å²) in [7, 11) is 0. The van der Waals surface area contributed by atoms with Crippen molar-refractivity contribution in [2.75, 3.05) is 26.4 Å². The Balaban J connectivity index is 1.95. The van der Waals surface area contributed by atoms with Gasteiger partial charge in [-0.25, -0.2) is 0 Å². The fourth-order valence-corrected chi connectivity index (χ4v) is 5.64. The topological polar surface area (TPSA) is 231 Å². The number of hydrogen-bond acceptors (Lipinski definition) is 15. The molecule has 15 heteroatoms. The van der Waals surface area contributed by atoms with Crippen LogP contribution in [0.4, 0.5) is 0 Å². The Morgan fingerprint density at radius 3 is 1.81 bits per heavy atom. The van der Waals surface area contributed by atoms with E-state index in [1.165, 1.54) is 0 Å². The van der Waals surface area contributed by atoms with Crippen LogP contribution in [0.15, 0.2) is 85.1 Å². The third-order valence-electron chi connectivity index (χ3n) is 9.00. The van der Waals surface area contributed by atoms with E-state index in [4.69, 9.17) is 28.4 Å². The summed E-state index contributed by atoms with van der Waals surface area (Å²) in [6.45, 7) is 2.10. The molecule has 0 aromatic carbocycles. The van der Waals surface area contributed by atoms with Crippen LogP contribution in [0.1, 0.15) is 78.1 Å². The zero-order chi connectivity index (χ0) is 42.5. The first kappa shape index (κ1) is 50.8. The number of allylic oxidation sites excluding steroid dienone is 13. The molecule has 328 valence electrons. The van der Waals surface area contributed by atoms with Crippen molar-refractivity contribution in [3.8, 4) is 0 Å². The molecule has 15 nitrogen and oxygen atoms in total. The van der Waals surface area contributed by atoms with Crippen LogP contribution in [0.25, 0.3) is 0 Å². The highest BCUT2D eigenvalue weighted by atomic mass is 16.7. The molecule has 2 fully saturated rings. The Hall–Kier alpha value is -3.32. The molecule has 2 aliphatic heterocycles. The summed E-state index contributed by atoms with van der Waals surface area (Å²) in [6, 6.07) is 0. The van der Waals surface area contributed by atoms with Crippen LogP contribution < -0.4 is 0 Å². The van der Waals surface area contributed by atoms with Gasteiger partial charge in [0.05, 0.1) is 26.2 Å². The minimum absolute atomic E-state index is 0.0208. The van der Waals surface area contributed by atoms with Gasteiger partial charge >= 0.3 is 11.9 Å². The predicted molar refractivity (Wildman–Crippen MR) is 215 cm³/mol. The quantitative estimate of drug-likeness (QED) is 0.0273. The summed E-state index contributed by atoms with van der Waals surface area (Å²) in [5.74, 6) is -1.13. The lowest BCUT2D eigenvalue weighted by Crippen LogP contribution is -2.61. The summed E-state index contributed by atoms with van der Waals surface area (Å²) < 4.78 is 33.1. The van der Waals surface area contributed by atoms with Gasteiger partial charge in [0.2, 0.25) is 0 Å². The van der Waals surface area contributed by atoms with E-state index >= 15 is 0 Å². The number of esters is 2. The van der Waals surface area contributed by atoms with E-state index in [0.717, 1.165) is 38.5 Å². The second-order valence-electron chi connectivity index (χ2n) is 13.8. The lowest BCUT2D eigenvalue weighted by Gasteiger charge is -2.42. The molecule has 0 aliphatic carbocycles. The fraction of sp³-hybridized carbons (Fsp3) is 0.628. The third kappa shape index (κ3) is 20.1. The number of hydrogen-bond donors (Lipinski definition) is 7. The monoisotopic (exact) mass is 822 g/mol. The maximum Gasteiger partial charge on any atom is 0.309 e. The Kier molecular flexibility index (Phi) is 26.9. The SMILES string of the molecule is CC/C=C/C=C/C=C/C=C/CCCCCC(=O)OC(COC(=O)C/C=C/C/C=C/C/C=C/CC)CO[C@@H]1O[C@H](CO[C@@H]2O[C@H](CO)[C@H](O)C(O)C2O)[C@H](O)C(O)C1O. The number of unbranched alkanes of at least 4 members (excludes halogenated alkanes) is 3. The third-order valence-corrected chi connectivity index (χ3v) is 9.00. The standard InChI is InChI=1S/C43H66O15/c1-3-5-7-9-11-13-14-15-16-18-20-22-24-26-35(46)56-31(28-53-34(45)25-23-21-19-17-12-10-8-6-4-2)29-54-42-41(52)39(50)37(48)33(58-42)30-55-43-40(51)38(49)36(47)32(27-44)57-43/h5-9,11-17,21,23,31-33,36-44,47-52H,3-4,10,18-20,22,24-30H2,1-2H3/b7-5+,8-6+,11-9+,14-13+,16-15+,17-12+,23-21+/t31?,32-,33-,36+,37+,38?,39?,40?,41?,42-,43-/m1/s1. The molecular formula is C43H66O15. The highest BCUT2D eigenvalue weighted by molar-refractivity contribution is 5.71. The van der Waals surface area contributed by atoms with Crippen molar-refractivity contribution in [2.24, 2.45) is 0 Å².